The van der Waals surface area contributed by atoms with Crippen LogP contribution in [0.1, 0.15) is 20.9 Å². The van der Waals surface area contributed by atoms with Gasteiger partial charge in [-0.3, -0.25) is 9.59 Å². The third-order valence-corrected chi connectivity index (χ3v) is 6.19. The molecule has 0 aliphatic heterocycles. The molecule has 0 N–H and O–H groups in total. The zero-order valence-corrected chi connectivity index (χ0v) is 17.8. The van der Waals surface area contributed by atoms with Gasteiger partial charge in [0, 0.05) is 23.0 Å². The minimum absolute atomic E-state index is 0.0773. The van der Waals surface area contributed by atoms with Gasteiger partial charge in [-0.1, -0.05) is 29.8 Å². The first-order chi connectivity index (χ1) is 14.4. The number of fused-ring (bicyclic) bond motifs is 1. The summed E-state index contributed by atoms with van der Waals surface area (Å²) in [4.78, 5) is 28.6. The normalized spacial score (nSPS) is 11.1. The predicted octanol–water partition coefficient (Wildman–Crippen LogP) is 4.94. The number of thiophene rings is 1. The van der Waals surface area contributed by atoms with Crippen molar-refractivity contribution in [2.45, 2.75) is 13.5 Å². The molecule has 0 radical (unpaired) electrons. The van der Waals surface area contributed by atoms with Crippen molar-refractivity contribution >= 4 is 45.3 Å². The van der Waals surface area contributed by atoms with Crippen LogP contribution in [0.4, 0.5) is 10.1 Å². The maximum absolute atomic E-state index is 13.7. The third-order valence-electron chi connectivity index (χ3n) is 4.89. The zero-order valence-electron chi connectivity index (χ0n) is 16.2. The van der Waals surface area contributed by atoms with E-state index in [9.17, 15) is 14.0 Å². The number of nitrogens with zero attached hydrogens (tertiary/aromatic N) is 3. The Morgan fingerprint density at radius 3 is 2.60 bits per heavy atom. The number of halogens is 2. The highest BCUT2D eigenvalue weighted by molar-refractivity contribution is 7.10. The van der Waals surface area contributed by atoms with Gasteiger partial charge >= 0.3 is 0 Å². The van der Waals surface area contributed by atoms with Crippen LogP contribution in [0.2, 0.25) is 5.02 Å². The van der Waals surface area contributed by atoms with Crippen LogP contribution in [0.5, 0.6) is 0 Å². The molecule has 0 bridgehead atoms. The lowest BCUT2D eigenvalue weighted by Gasteiger charge is -2.23. The Hall–Kier alpha value is -3.03. The summed E-state index contributed by atoms with van der Waals surface area (Å²) in [5.41, 5.74) is 1.35. The SMILES string of the molecule is Cc1ccsc1CN(C(=O)c1nn(C)c(=O)c2ccccc12)c1ccc(F)c(Cl)c1. The summed E-state index contributed by atoms with van der Waals surface area (Å²) in [6.07, 6.45) is 0. The monoisotopic (exact) mass is 441 g/mol. The summed E-state index contributed by atoms with van der Waals surface area (Å²) in [5.74, 6) is -0.969. The van der Waals surface area contributed by atoms with E-state index in [1.807, 2.05) is 18.4 Å². The van der Waals surface area contributed by atoms with Crippen molar-refractivity contribution in [1.82, 2.24) is 9.78 Å². The van der Waals surface area contributed by atoms with Crippen molar-refractivity contribution in [2.75, 3.05) is 4.90 Å². The van der Waals surface area contributed by atoms with E-state index in [0.717, 1.165) is 15.1 Å². The van der Waals surface area contributed by atoms with Gasteiger partial charge in [-0.25, -0.2) is 9.07 Å². The fraction of sp³-hybridized carbons (Fsp3) is 0.136. The predicted molar refractivity (Wildman–Crippen MR) is 118 cm³/mol. The molecule has 1 amide bonds. The van der Waals surface area contributed by atoms with Crippen LogP contribution in [0, 0.1) is 12.7 Å². The topological polar surface area (TPSA) is 55.2 Å². The first-order valence-corrected chi connectivity index (χ1v) is 10.4. The third kappa shape index (κ3) is 3.62. The van der Waals surface area contributed by atoms with Crippen molar-refractivity contribution in [3.05, 3.63) is 91.2 Å². The molecular formula is C22H17ClFN3O2S. The van der Waals surface area contributed by atoms with Gasteiger partial charge in [0.2, 0.25) is 0 Å². The average Bonchev–Trinajstić information content (AvgIpc) is 3.15. The molecule has 4 aromatic rings. The Morgan fingerprint density at radius 1 is 1.20 bits per heavy atom. The summed E-state index contributed by atoms with van der Waals surface area (Å²) in [6.45, 7) is 2.23. The van der Waals surface area contributed by atoms with Gasteiger partial charge < -0.3 is 4.90 Å². The van der Waals surface area contributed by atoms with Gasteiger partial charge in [-0.2, -0.15) is 5.10 Å². The van der Waals surface area contributed by atoms with Crippen LogP contribution in [0.15, 0.2) is 58.7 Å². The summed E-state index contributed by atoms with van der Waals surface area (Å²) in [7, 11) is 1.51. The fourth-order valence-corrected chi connectivity index (χ4v) is 4.30. The number of aryl methyl sites for hydroxylation is 2. The van der Waals surface area contributed by atoms with Crippen molar-refractivity contribution in [2.24, 2.45) is 7.05 Å². The van der Waals surface area contributed by atoms with Crippen LogP contribution in [0.3, 0.4) is 0 Å². The van der Waals surface area contributed by atoms with E-state index in [2.05, 4.69) is 5.10 Å². The van der Waals surface area contributed by atoms with Gasteiger partial charge in [0.25, 0.3) is 11.5 Å². The van der Waals surface area contributed by atoms with E-state index < -0.39 is 11.7 Å². The molecule has 2 aromatic heterocycles. The summed E-state index contributed by atoms with van der Waals surface area (Å²) < 4.78 is 14.9. The van der Waals surface area contributed by atoms with Crippen molar-refractivity contribution in [3.63, 3.8) is 0 Å². The molecule has 2 aromatic carbocycles. The molecule has 4 rings (SSSR count). The second-order valence-corrected chi connectivity index (χ2v) is 8.25. The second-order valence-electron chi connectivity index (χ2n) is 6.84. The Labute approximate surface area is 180 Å². The highest BCUT2D eigenvalue weighted by Crippen LogP contribution is 2.28. The molecule has 5 nitrogen and oxygen atoms in total. The van der Waals surface area contributed by atoms with Gasteiger partial charge in [-0.05, 0) is 48.2 Å². The van der Waals surface area contributed by atoms with E-state index in [-0.39, 0.29) is 22.8 Å². The Balaban J connectivity index is 1.89. The van der Waals surface area contributed by atoms with Gasteiger partial charge in [0.15, 0.2) is 5.69 Å². The van der Waals surface area contributed by atoms with Crippen LogP contribution in [-0.2, 0) is 13.6 Å². The Kier molecular flexibility index (Phi) is 5.40. The average molecular weight is 442 g/mol. The molecule has 0 atom stereocenters. The number of carbonyl (C=O) groups is 1. The molecule has 2 heterocycles. The number of aromatic nitrogens is 2. The lowest BCUT2D eigenvalue weighted by Crippen LogP contribution is -2.33. The fourth-order valence-electron chi connectivity index (χ4n) is 3.23. The van der Waals surface area contributed by atoms with Gasteiger partial charge in [0.05, 0.1) is 17.0 Å². The van der Waals surface area contributed by atoms with E-state index >= 15 is 0 Å². The number of carbonyl (C=O) groups excluding carboxylic acids is 1. The number of hydrogen-bond acceptors (Lipinski definition) is 4. The number of rotatable bonds is 4. The molecule has 0 fully saturated rings. The Bertz CT molecular complexity index is 1330. The maximum Gasteiger partial charge on any atom is 0.279 e. The highest BCUT2D eigenvalue weighted by Gasteiger charge is 2.25. The van der Waals surface area contributed by atoms with Crippen LogP contribution in [-0.4, -0.2) is 15.7 Å². The molecular weight excluding hydrogens is 425 g/mol. The molecule has 0 aliphatic carbocycles. The van der Waals surface area contributed by atoms with Gasteiger partial charge in [0.1, 0.15) is 5.82 Å². The number of amides is 1. The molecule has 152 valence electrons. The van der Waals surface area contributed by atoms with Crippen LogP contribution >= 0.6 is 22.9 Å². The maximum atomic E-state index is 13.7. The minimum atomic E-state index is -0.564. The van der Waals surface area contributed by atoms with Crippen molar-refractivity contribution < 1.29 is 9.18 Å². The molecule has 0 aliphatic rings. The van der Waals surface area contributed by atoms with E-state index in [4.69, 9.17) is 11.6 Å². The first kappa shape index (κ1) is 20.3. The van der Waals surface area contributed by atoms with Crippen molar-refractivity contribution in [3.8, 4) is 0 Å². The standard InChI is InChI=1S/C22H17ClFN3O2S/c1-13-9-10-30-19(13)12-27(14-7-8-18(24)17(23)11-14)22(29)20-15-5-3-4-6-16(15)21(28)26(2)25-20/h3-11H,12H2,1-2H3. The summed E-state index contributed by atoms with van der Waals surface area (Å²) in [5, 5.41) is 6.99. The zero-order chi connectivity index (χ0) is 21.4. The molecule has 8 heteroatoms. The highest BCUT2D eigenvalue weighted by atomic mass is 35.5. The minimum Gasteiger partial charge on any atom is -0.302 e. The van der Waals surface area contributed by atoms with Crippen LogP contribution in [0.25, 0.3) is 10.8 Å². The number of benzene rings is 2. The number of hydrogen-bond donors (Lipinski definition) is 0. The van der Waals surface area contributed by atoms with E-state index in [0.29, 0.717) is 16.5 Å². The quantitative estimate of drug-likeness (QED) is 0.450. The van der Waals surface area contributed by atoms with Gasteiger partial charge in [-0.15, -0.1) is 11.3 Å². The molecule has 0 saturated carbocycles. The second kappa shape index (κ2) is 8.01. The molecule has 0 saturated heterocycles. The lowest BCUT2D eigenvalue weighted by atomic mass is 10.1. The molecule has 30 heavy (non-hydrogen) atoms. The first-order valence-electron chi connectivity index (χ1n) is 9.12. The van der Waals surface area contributed by atoms with Crippen LogP contribution < -0.4 is 10.5 Å². The smallest absolute Gasteiger partial charge is 0.279 e. The summed E-state index contributed by atoms with van der Waals surface area (Å²) >= 11 is 7.52. The number of anilines is 1. The molecule has 0 spiro atoms. The lowest BCUT2D eigenvalue weighted by molar-refractivity contribution is 0.0980. The van der Waals surface area contributed by atoms with Crippen molar-refractivity contribution in [1.29, 1.82) is 0 Å². The van der Waals surface area contributed by atoms with E-state index in [1.165, 1.54) is 41.5 Å². The largest absolute Gasteiger partial charge is 0.302 e. The summed E-state index contributed by atoms with van der Waals surface area (Å²) in [6, 6.07) is 13.0. The van der Waals surface area contributed by atoms with E-state index in [1.54, 1.807) is 24.3 Å². The molecule has 0 unspecified atom stereocenters. The Morgan fingerprint density at radius 2 is 1.93 bits per heavy atom.